The van der Waals surface area contributed by atoms with E-state index in [4.69, 9.17) is 14.7 Å². The van der Waals surface area contributed by atoms with Crippen molar-refractivity contribution in [3.8, 4) is 0 Å². The van der Waals surface area contributed by atoms with Gasteiger partial charge in [-0.3, -0.25) is 4.79 Å². The zero-order valence-electron chi connectivity index (χ0n) is 30.6. The molecule has 0 bridgehead atoms. The van der Waals surface area contributed by atoms with Crippen LogP contribution < -0.4 is 6.73 Å². The monoisotopic (exact) mass is 971 g/mol. The third-order valence-corrected chi connectivity index (χ3v) is 45.2. The maximum absolute atomic E-state index is 11.0. The van der Waals surface area contributed by atoms with Crippen LogP contribution in [-0.4, -0.2) is 90.6 Å². The molecule has 0 spiro atoms. The zero-order chi connectivity index (χ0) is 34.8. The molecule has 0 atom stereocenters. The SMILES string of the molecule is CCC[CH2][Sn]([CH2]CCC)([CH2]CCC)[c]1csc(C=O)n1.CCC[CH2][Sn]([CH2]CCC)([CH2]CCC)[c]1nc(Br)cs1.O=CN1CCOCC1. The topological polar surface area (TPSA) is 72.4 Å². The van der Waals surface area contributed by atoms with E-state index in [9.17, 15) is 9.59 Å². The van der Waals surface area contributed by atoms with Gasteiger partial charge >= 0.3 is 269 Å². The molecule has 3 rings (SSSR count). The Balaban J connectivity index is 0.000000382. The first-order valence-electron chi connectivity index (χ1n) is 18.6. The smallest absolute Gasteiger partial charge is 0.209 e. The van der Waals surface area contributed by atoms with Crippen LogP contribution in [0.5, 0.6) is 0 Å². The van der Waals surface area contributed by atoms with Crippen molar-refractivity contribution >= 4 is 94.8 Å². The summed E-state index contributed by atoms with van der Waals surface area (Å²) in [6.45, 7) is 16.7. The van der Waals surface area contributed by atoms with Gasteiger partial charge in [0.05, 0.1) is 13.2 Å². The number of aldehydes is 1. The number of halogens is 1. The summed E-state index contributed by atoms with van der Waals surface area (Å²) in [5.41, 5.74) is 0. The van der Waals surface area contributed by atoms with Gasteiger partial charge in [-0.25, -0.2) is 0 Å². The minimum atomic E-state index is -2.36. The molecule has 270 valence electrons. The van der Waals surface area contributed by atoms with Crippen molar-refractivity contribution in [3.63, 3.8) is 0 Å². The fourth-order valence-electron chi connectivity index (χ4n) is 6.31. The molecule has 11 heteroatoms. The van der Waals surface area contributed by atoms with Crippen LogP contribution in [-0.2, 0) is 9.53 Å². The molecule has 0 unspecified atom stereocenters. The van der Waals surface area contributed by atoms with E-state index in [0.717, 1.165) is 30.4 Å². The van der Waals surface area contributed by atoms with Gasteiger partial charge in [-0.2, -0.15) is 0 Å². The molecule has 0 N–H and O–H groups in total. The summed E-state index contributed by atoms with van der Waals surface area (Å²) in [5, 5.41) is 5.11. The largest absolute Gasteiger partial charge is 0.378 e. The van der Waals surface area contributed by atoms with E-state index < -0.39 is 36.8 Å². The van der Waals surface area contributed by atoms with Crippen molar-refractivity contribution in [3.05, 3.63) is 20.4 Å². The number of hydrogen-bond donors (Lipinski definition) is 0. The minimum absolute atomic E-state index is 0.686. The third-order valence-electron chi connectivity index (χ3n) is 9.34. The fourth-order valence-corrected chi connectivity index (χ4v) is 44.3. The van der Waals surface area contributed by atoms with Crippen LogP contribution in [0, 0.1) is 0 Å². The number of nitrogens with zero attached hydrogens (tertiary/aromatic N) is 3. The van der Waals surface area contributed by atoms with Crippen LogP contribution in [0.25, 0.3) is 0 Å². The number of carbonyl (C=O) groups is 2. The molecule has 0 saturated carbocycles. The van der Waals surface area contributed by atoms with Crippen molar-refractivity contribution in [1.29, 1.82) is 0 Å². The van der Waals surface area contributed by atoms with Crippen molar-refractivity contribution in [2.45, 2.75) is 145 Å². The van der Waals surface area contributed by atoms with E-state index in [1.54, 1.807) is 19.3 Å². The number of amides is 1. The average Bonchev–Trinajstić information content (AvgIpc) is 3.79. The van der Waals surface area contributed by atoms with Gasteiger partial charge in [0.1, 0.15) is 0 Å². The Labute approximate surface area is 312 Å². The molecule has 1 amide bonds. The summed E-state index contributed by atoms with van der Waals surface area (Å²) in [6, 6.07) is 0. The molecule has 0 aliphatic carbocycles. The molecule has 1 aliphatic heterocycles. The van der Waals surface area contributed by atoms with Crippen molar-refractivity contribution < 1.29 is 14.3 Å². The Morgan fingerprint density at radius 2 is 1.15 bits per heavy atom. The summed E-state index contributed by atoms with van der Waals surface area (Å²) in [7, 11) is 0. The molecule has 6 nitrogen and oxygen atoms in total. The third kappa shape index (κ3) is 17.5. The molecular weight excluding hydrogens is 904 g/mol. The summed E-state index contributed by atoms with van der Waals surface area (Å²) in [5.74, 6) is 0. The Bertz CT molecular complexity index is 1020. The van der Waals surface area contributed by atoms with Gasteiger partial charge in [-0.05, 0) is 0 Å². The second-order valence-corrected chi connectivity index (χ2v) is 42.7. The molecular formula is C36H66BrN3O3S2Sn2. The van der Waals surface area contributed by atoms with Crippen molar-refractivity contribution in [1.82, 2.24) is 14.9 Å². The number of ether oxygens (including phenoxy) is 1. The number of aromatic nitrogens is 2. The van der Waals surface area contributed by atoms with Crippen LogP contribution >= 0.6 is 38.6 Å². The second kappa shape index (κ2) is 28.1. The van der Waals surface area contributed by atoms with Gasteiger partial charge in [0.15, 0.2) is 0 Å². The van der Waals surface area contributed by atoms with Gasteiger partial charge < -0.3 is 9.64 Å². The van der Waals surface area contributed by atoms with Gasteiger partial charge in [0, 0.05) is 13.1 Å². The first-order chi connectivity index (χ1) is 22.8. The molecule has 1 fully saturated rings. The predicted octanol–water partition coefficient (Wildman–Crippen LogP) is 10.4. The quantitative estimate of drug-likeness (QED) is 0.0868. The Kier molecular flexibility index (Phi) is 27.2. The predicted molar refractivity (Wildman–Crippen MR) is 215 cm³/mol. The van der Waals surface area contributed by atoms with Crippen LogP contribution in [0.4, 0.5) is 0 Å². The summed E-state index contributed by atoms with van der Waals surface area (Å²) >= 11 is 2.50. The van der Waals surface area contributed by atoms with E-state index in [0.29, 0.717) is 18.2 Å². The maximum atomic E-state index is 11.0. The van der Waals surface area contributed by atoms with Crippen LogP contribution in [0.1, 0.15) is 128 Å². The fraction of sp³-hybridized carbons (Fsp3) is 0.778. The second-order valence-electron chi connectivity index (χ2n) is 13.1. The first-order valence-corrected chi connectivity index (χ1v) is 36.1. The van der Waals surface area contributed by atoms with E-state index in [-0.39, 0.29) is 0 Å². The van der Waals surface area contributed by atoms with Gasteiger partial charge in [0.25, 0.3) is 0 Å². The number of morpholine rings is 1. The number of rotatable bonds is 22. The van der Waals surface area contributed by atoms with E-state index >= 15 is 0 Å². The number of hydrogen-bond acceptors (Lipinski definition) is 7. The number of thiazole rings is 2. The molecule has 0 aromatic carbocycles. The van der Waals surface area contributed by atoms with Crippen LogP contribution in [0.3, 0.4) is 0 Å². The maximum Gasteiger partial charge on any atom is 0.209 e. The molecule has 0 radical (unpaired) electrons. The molecule has 1 aliphatic rings. The molecule has 1 saturated heterocycles. The van der Waals surface area contributed by atoms with E-state index in [2.05, 4.69) is 68.2 Å². The first kappa shape index (κ1) is 45.5. The van der Waals surface area contributed by atoms with E-state index in [1.165, 1.54) is 107 Å². The van der Waals surface area contributed by atoms with Crippen LogP contribution in [0.15, 0.2) is 15.4 Å². The standard InChI is InChI=1S/C5H9NO2.C4H2NOS.6C4H9.C3HBrNS.2Sn/c7-5-6-1-3-8-4-2-6;6-3-4-5-1-2-7-4;6*1-3-4-2;4-3-1-6-2-5-3;;/h5H,1-4H2;2-3H;6*1,3-4H2,2H3;1H;;. The Hall–Kier alpha value is 0.437. The van der Waals surface area contributed by atoms with Gasteiger partial charge in [0.2, 0.25) is 6.41 Å². The van der Waals surface area contributed by atoms with Crippen molar-refractivity contribution in [2.24, 2.45) is 0 Å². The van der Waals surface area contributed by atoms with Crippen molar-refractivity contribution in [2.75, 3.05) is 26.3 Å². The van der Waals surface area contributed by atoms with Gasteiger partial charge in [-0.15, -0.1) is 0 Å². The van der Waals surface area contributed by atoms with Crippen LogP contribution in [0.2, 0.25) is 26.6 Å². The Morgan fingerprint density at radius 1 is 0.702 bits per heavy atom. The summed E-state index contributed by atoms with van der Waals surface area (Å²) in [6.07, 6.45) is 17.9. The molecule has 2 aromatic heterocycles. The Morgan fingerprint density at radius 3 is 1.47 bits per heavy atom. The zero-order valence-corrected chi connectivity index (χ0v) is 39.6. The molecule has 3 heterocycles. The van der Waals surface area contributed by atoms with Gasteiger partial charge in [-0.1, -0.05) is 0 Å². The summed E-state index contributed by atoms with van der Waals surface area (Å²) in [4.78, 5) is 32.3. The van der Waals surface area contributed by atoms with E-state index in [1.807, 2.05) is 11.3 Å². The average molecular weight is 970 g/mol. The number of unbranched alkanes of at least 4 members (excludes halogenated alkanes) is 6. The summed E-state index contributed by atoms with van der Waals surface area (Å²) < 4.78 is 17.9. The normalized spacial score (nSPS) is 13.4. The molecule has 47 heavy (non-hydrogen) atoms. The minimum Gasteiger partial charge on any atom is -0.378 e. The molecule has 2 aromatic rings. The number of carbonyl (C=O) groups excluding carboxylic acids is 2.